The van der Waals surface area contributed by atoms with Gasteiger partial charge in [-0.2, -0.15) is 0 Å². The fraction of sp³-hybridized carbons (Fsp3) is 0.600. The van der Waals surface area contributed by atoms with Gasteiger partial charge in [0.2, 0.25) is 0 Å². The van der Waals surface area contributed by atoms with Gasteiger partial charge in [-0.3, -0.25) is 0 Å². The maximum atomic E-state index is 12.7. The van der Waals surface area contributed by atoms with E-state index in [-0.39, 0.29) is 10.4 Å². The van der Waals surface area contributed by atoms with E-state index < -0.39 is 15.6 Å². The summed E-state index contributed by atoms with van der Waals surface area (Å²) in [4.78, 5) is 0.685. The minimum atomic E-state index is -3.53. The molecule has 2 N–H and O–H groups in total. The predicted octanol–water partition coefficient (Wildman–Crippen LogP) is 1.49. The molecule has 4 nitrogen and oxygen atoms in total. The summed E-state index contributed by atoms with van der Waals surface area (Å²) < 4.78 is 28.3. The Balaban J connectivity index is 1.86. The van der Waals surface area contributed by atoms with Crippen molar-refractivity contribution in [3.8, 4) is 0 Å². The number of sulfonamides is 1. The van der Waals surface area contributed by atoms with Gasteiger partial charge in [0.25, 0.3) is 0 Å². The van der Waals surface area contributed by atoms with Crippen LogP contribution in [0.4, 0.5) is 0 Å². The summed E-state index contributed by atoms with van der Waals surface area (Å²) >= 11 is 0.876. The van der Waals surface area contributed by atoms with E-state index >= 15 is 0 Å². The molecule has 2 bridgehead atoms. The minimum absolute atomic E-state index is 0.0394. The molecule has 1 heterocycles. The van der Waals surface area contributed by atoms with Crippen molar-refractivity contribution in [1.82, 2.24) is 4.72 Å². The molecule has 1 aliphatic carbocycles. The van der Waals surface area contributed by atoms with E-state index in [0.29, 0.717) is 42.4 Å². The predicted molar refractivity (Wildman–Crippen MR) is 88.8 cm³/mol. The van der Waals surface area contributed by atoms with Crippen LogP contribution in [0.1, 0.15) is 32.3 Å². The van der Waals surface area contributed by atoms with E-state index in [1.807, 2.05) is 26.0 Å². The van der Waals surface area contributed by atoms with Gasteiger partial charge in [0.05, 0.1) is 0 Å². The van der Waals surface area contributed by atoms with Crippen LogP contribution in [0.3, 0.4) is 0 Å². The first-order valence-electron chi connectivity index (χ1n) is 7.28. The van der Waals surface area contributed by atoms with E-state index in [1.165, 1.54) is 0 Å². The zero-order valence-corrected chi connectivity index (χ0v) is 17.1. The molecule has 2 aliphatic rings. The molecule has 1 saturated carbocycles. The third-order valence-corrected chi connectivity index (χ3v) is 17.7. The first-order valence-corrected chi connectivity index (χ1v) is 14.9. The Morgan fingerprint density at radius 3 is 2.50 bits per heavy atom. The average molecular weight is 453 g/mol. The molecule has 0 unspecified atom stereocenters. The van der Waals surface area contributed by atoms with Crippen LogP contribution < -0.4 is 4.72 Å². The second kappa shape index (κ2) is 5.59. The Hall–Kier alpha value is 0.129. The molecule has 1 aromatic rings. The van der Waals surface area contributed by atoms with Crippen LogP contribution in [0.2, 0.25) is 9.13 Å². The Morgan fingerprint density at radius 2 is 1.86 bits per heavy atom. The van der Waals surface area contributed by atoms with E-state index in [2.05, 4.69) is 11.6 Å². The first-order chi connectivity index (χ1) is 10.1. The van der Waals surface area contributed by atoms with Gasteiger partial charge in [0.15, 0.2) is 0 Å². The second-order valence-corrected chi connectivity index (χ2v) is 16.3. The van der Waals surface area contributed by atoms with Gasteiger partial charge in [0.1, 0.15) is 0 Å². The normalized spacial score (nSPS) is 38.2. The number of aryl methyl sites for hydroxylation is 1. The molecule has 7 heteroatoms. The van der Waals surface area contributed by atoms with E-state index in [0.717, 1.165) is 12.0 Å². The third kappa shape index (κ3) is 3.05. The zero-order valence-electron chi connectivity index (χ0n) is 12.9. The van der Waals surface area contributed by atoms with Crippen molar-refractivity contribution in [3.05, 3.63) is 29.8 Å². The molecular formula is C15H21NO3SSe2. The fourth-order valence-electron chi connectivity index (χ4n) is 3.03. The fourth-order valence-corrected chi connectivity index (χ4v) is 17.0. The van der Waals surface area contributed by atoms with E-state index in [9.17, 15) is 13.5 Å². The molecule has 1 saturated heterocycles. The van der Waals surface area contributed by atoms with Crippen LogP contribution in [0.15, 0.2) is 29.2 Å². The van der Waals surface area contributed by atoms with Crippen molar-refractivity contribution in [2.24, 2.45) is 0 Å². The summed E-state index contributed by atoms with van der Waals surface area (Å²) in [5, 5.41) is 10.6. The van der Waals surface area contributed by atoms with Crippen molar-refractivity contribution in [1.29, 1.82) is 0 Å². The number of nitrogens with one attached hydrogen (secondary N) is 1. The molecule has 0 radical (unpaired) electrons. The molecule has 1 aromatic carbocycles. The summed E-state index contributed by atoms with van der Waals surface area (Å²) in [5.74, 6) is 0. The van der Waals surface area contributed by atoms with Gasteiger partial charge in [-0.05, 0) is 0 Å². The summed E-state index contributed by atoms with van der Waals surface area (Å²) in [7, 11) is -3.53. The second-order valence-electron chi connectivity index (χ2n) is 6.73. The molecule has 2 fully saturated rings. The van der Waals surface area contributed by atoms with Crippen LogP contribution in [0.5, 0.6) is 0 Å². The summed E-state index contributed by atoms with van der Waals surface area (Å²) in [6, 6.07) is 6.74. The Morgan fingerprint density at radius 1 is 1.23 bits per heavy atom. The number of rotatable bonds is 3. The standard InChI is InChI=1S/C15H21NO3SSe2/c1-10-4-6-11(7-5-10)20(18,19)16-12-8-14(2,17)13-9-15(12,3)22-21-13/h4-7,12-13,16-17H,8-9H2,1-3H3/t12-,13+,14+,15-/m0/s1. The number of fused-ring (bicyclic) bond motifs is 2. The molecule has 122 valence electrons. The number of benzene rings is 1. The summed E-state index contributed by atoms with van der Waals surface area (Å²) in [6.07, 6.45) is 1.46. The van der Waals surface area contributed by atoms with E-state index in [4.69, 9.17) is 0 Å². The van der Waals surface area contributed by atoms with Crippen LogP contribution in [0, 0.1) is 6.92 Å². The topological polar surface area (TPSA) is 66.4 Å². The van der Waals surface area contributed by atoms with Crippen molar-refractivity contribution in [3.63, 3.8) is 0 Å². The molecule has 4 atom stereocenters. The van der Waals surface area contributed by atoms with Crippen LogP contribution >= 0.6 is 0 Å². The molecule has 0 amide bonds. The van der Waals surface area contributed by atoms with Gasteiger partial charge < -0.3 is 0 Å². The van der Waals surface area contributed by atoms with Crippen molar-refractivity contribution in [2.75, 3.05) is 0 Å². The van der Waals surface area contributed by atoms with Crippen LogP contribution in [-0.4, -0.2) is 51.4 Å². The number of aliphatic hydroxyl groups is 1. The van der Waals surface area contributed by atoms with Gasteiger partial charge in [-0.25, -0.2) is 0 Å². The van der Waals surface area contributed by atoms with Gasteiger partial charge in [-0.1, -0.05) is 0 Å². The summed E-state index contributed by atoms with van der Waals surface area (Å²) in [5.41, 5.74) is 0.300. The van der Waals surface area contributed by atoms with Crippen molar-refractivity contribution >= 4 is 36.3 Å². The maximum absolute atomic E-state index is 12.7. The Labute approximate surface area is 143 Å². The van der Waals surface area contributed by atoms with Crippen LogP contribution in [-0.2, 0) is 10.0 Å². The number of hydrogen-bond acceptors (Lipinski definition) is 3. The average Bonchev–Trinajstić information content (AvgIpc) is 2.79. The Bertz CT molecular complexity index is 675. The third-order valence-electron chi connectivity index (χ3n) is 4.62. The Kier molecular flexibility index (Phi) is 4.31. The zero-order chi connectivity index (χ0) is 16.2. The van der Waals surface area contributed by atoms with Gasteiger partial charge in [0, 0.05) is 0 Å². The van der Waals surface area contributed by atoms with Crippen molar-refractivity contribution in [2.45, 2.75) is 59.3 Å². The molecule has 3 rings (SSSR count). The molecule has 0 spiro atoms. The van der Waals surface area contributed by atoms with E-state index in [1.54, 1.807) is 12.1 Å². The molecule has 22 heavy (non-hydrogen) atoms. The van der Waals surface area contributed by atoms with Gasteiger partial charge >= 0.3 is 144 Å². The number of hydrogen-bond donors (Lipinski definition) is 2. The SMILES string of the molecule is Cc1ccc(S(=O)(=O)N[C@H]2C[C@@](C)(O)[C@H]3C[C@]2(C)[Se][Se]3)cc1. The monoisotopic (exact) mass is 455 g/mol. The first kappa shape index (κ1) is 17.0. The molecule has 1 aliphatic heterocycles. The van der Waals surface area contributed by atoms with Gasteiger partial charge in [-0.15, -0.1) is 0 Å². The quantitative estimate of drug-likeness (QED) is 0.682. The molecule has 0 aromatic heterocycles. The molecular weight excluding hydrogens is 432 g/mol. The van der Waals surface area contributed by atoms with Crippen LogP contribution in [0.25, 0.3) is 0 Å². The summed E-state index contributed by atoms with van der Waals surface area (Å²) in [6.45, 7) is 5.99. The van der Waals surface area contributed by atoms with Crippen molar-refractivity contribution < 1.29 is 13.5 Å².